The third-order valence-corrected chi connectivity index (χ3v) is 7.28. The molecule has 2 aromatic rings. The van der Waals surface area contributed by atoms with Crippen molar-refractivity contribution in [1.29, 1.82) is 5.26 Å². The Morgan fingerprint density at radius 2 is 1.83 bits per heavy atom. The van der Waals surface area contributed by atoms with Crippen LogP contribution in [-0.4, -0.2) is 40.7 Å². The Labute approximate surface area is 219 Å². The highest BCUT2D eigenvalue weighted by molar-refractivity contribution is 6.48. The molecule has 0 N–H and O–H groups in total. The molecule has 4 rings (SSSR count). The first kappa shape index (κ1) is 26.5. The van der Waals surface area contributed by atoms with E-state index in [2.05, 4.69) is 15.1 Å². The van der Waals surface area contributed by atoms with Crippen LogP contribution >= 0.6 is 34.8 Å². The topological polar surface area (TPSA) is 73.9 Å². The van der Waals surface area contributed by atoms with E-state index in [1.807, 2.05) is 13.8 Å². The summed E-state index contributed by atoms with van der Waals surface area (Å²) in [4.78, 5) is 14.5. The van der Waals surface area contributed by atoms with E-state index < -0.39 is 23.9 Å². The summed E-state index contributed by atoms with van der Waals surface area (Å²) in [6.45, 7) is 3.60. The normalized spacial score (nSPS) is 21.6. The van der Waals surface area contributed by atoms with E-state index in [1.165, 1.54) is 18.3 Å². The molecule has 1 fully saturated rings. The van der Waals surface area contributed by atoms with Crippen LogP contribution in [0.15, 0.2) is 40.6 Å². The smallest absolute Gasteiger partial charge is 0.374 e. The van der Waals surface area contributed by atoms with Crippen molar-refractivity contribution in [2.24, 2.45) is 16.1 Å². The summed E-state index contributed by atoms with van der Waals surface area (Å²) in [5.74, 6) is 0.412. The number of amidine groups is 1. The molecule has 0 saturated carbocycles. The summed E-state index contributed by atoms with van der Waals surface area (Å²) in [6, 6.07) is 4.92. The van der Waals surface area contributed by atoms with Gasteiger partial charge in [-0.05, 0) is 24.3 Å². The fourth-order valence-corrected chi connectivity index (χ4v) is 4.77. The van der Waals surface area contributed by atoms with Crippen molar-refractivity contribution in [3.63, 3.8) is 0 Å². The molecule has 36 heavy (non-hydrogen) atoms. The predicted octanol–water partition coefficient (Wildman–Crippen LogP) is 6.64. The van der Waals surface area contributed by atoms with Crippen molar-refractivity contribution in [2.75, 3.05) is 13.1 Å². The molecule has 0 bridgehead atoms. The minimum Gasteiger partial charge on any atom is -0.374 e. The number of halogens is 7. The van der Waals surface area contributed by atoms with Crippen molar-refractivity contribution in [2.45, 2.75) is 37.7 Å². The molecule has 190 valence electrons. The molecule has 2 aliphatic rings. The fraction of sp³-hybridized carbons (Fsp3) is 0.391. The number of aromatic nitrogens is 1. The van der Waals surface area contributed by atoms with Gasteiger partial charge in [-0.2, -0.15) is 23.4 Å². The van der Waals surface area contributed by atoms with Gasteiger partial charge < -0.3 is 9.74 Å². The molecule has 1 saturated heterocycles. The highest BCUT2D eigenvalue weighted by atomic mass is 35.5. The van der Waals surface area contributed by atoms with Gasteiger partial charge in [0, 0.05) is 23.2 Å². The summed E-state index contributed by atoms with van der Waals surface area (Å²) in [5, 5.41) is 12.1. The summed E-state index contributed by atoms with van der Waals surface area (Å²) in [6.07, 6.45) is -2.57. The third-order valence-electron chi connectivity index (χ3n) is 6.08. The molecule has 2 aliphatic heterocycles. The highest BCUT2D eigenvalue weighted by Crippen LogP contribution is 2.50. The maximum atomic E-state index is 15.4. The lowest BCUT2D eigenvalue weighted by molar-refractivity contribution is -0.275. The largest absolute Gasteiger partial charge is 0.435 e. The molecule has 0 spiro atoms. The van der Waals surface area contributed by atoms with E-state index in [-0.39, 0.29) is 56.6 Å². The summed E-state index contributed by atoms with van der Waals surface area (Å²) in [7, 11) is 0. The lowest BCUT2D eigenvalue weighted by Crippen LogP contribution is -2.60. The molecule has 3 heterocycles. The quantitative estimate of drug-likeness (QED) is 0.138. The zero-order valence-electron chi connectivity index (χ0n) is 18.9. The molecule has 6 nitrogen and oxygen atoms in total. The number of likely N-dealkylation sites (tertiary alicyclic amines) is 1. The van der Waals surface area contributed by atoms with Gasteiger partial charge in [-0.3, -0.25) is 4.98 Å². The van der Waals surface area contributed by atoms with Gasteiger partial charge in [0.05, 0.1) is 46.0 Å². The number of aliphatic imine (C=N–C) groups is 1. The second-order valence-electron chi connectivity index (χ2n) is 8.86. The van der Waals surface area contributed by atoms with E-state index in [9.17, 15) is 13.2 Å². The Morgan fingerprint density at radius 3 is 2.33 bits per heavy atom. The Kier molecular flexibility index (Phi) is 6.88. The molecule has 1 aromatic carbocycles. The van der Waals surface area contributed by atoms with Crippen molar-refractivity contribution in [1.82, 2.24) is 9.88 Å². The molecular weight excluding hydrogens is 545 g/mol. The first-order valence-electron chi connectivity index (χ1n) is 10.7. The number of benzene rings is 1. The van der Waals surface area contributed by atoms with Gasteiger partial charge in [-0.15, -0.1) is 0 Å². The standard InChI is InChI=1S/C23H18Cl3F4N5O/c1-12(2)20(33-11-31)35-9-21(27,10-35)18-4-3-13(8-32-18)17-7-22(36-34-17,23(28,29)30)14-5-15(24)19(26)16(25)6-14/h3-6,8,12H,7,9-10H2,1-2H3/b33-20+. The first-order valence-corrected chi connectivity index (χ1v) is 11.8. The lowest BCUT2D eigenvalue weighted by Gasteiger charge is -2.46. The molecule has 0 radical (unpaired) electrons. The molecule has 1 aromatic heterocycles. The van der Waals surface area contributed by atoms with E-state index in [0.717, 1.165) is 12.1 Å². The maximum Gasteiger partial charge on any atom is 0.435 e. The zero-order chi connectivity index (χ0) is 26.5. The second-order valence-corrected chi connectivity index (χ2v) is 10.1. The summed E-state index contributed by atoms with van der Waals surface area (Å²) in [5.41, 5.74) is -4.65. The molecule has 1 atom stereocenters. The minimum atomic E-state index is -4.87. The number of nitriles is 1. The number of alkyl halides is 4. The zero-order valence-corrected chi connectivity index (χ0v) is 21.1. The van der Waals surface area contributed by atoms with Crippen LogP contribution in [0.3, 0.4) is 0 Å². The van der Waals surface area contributed by atoms with E-state index in [1.54, 1.807) is 11.1 Å². The minimum absolute atomic E-state index is 0.0278. The number of oxime groups is 1. The second kappa shape index (κ2) is 9.36. The summed E-state index contributed by atoms with van der Waals surface area (Å²) >= 11 is 17.8. The van der Waals surface area contributed by atoms with Crippen LogP contribution in [0.1, 0.15) is 37.1 Å². The van der Waals surface area contributed by atoms with Crippen LogP contribution in [0.4, 0.5) is 17.6 Å². The van der Waals surface area contributed by atoms with Crippen molar-refractivity contribution in [3.8, 4) is 6.19 Å². The Balaban J connectivity index is 1.55. The number of pyridine rings is 1. The third kappa shape index (κ3) is 4.49. The van der Waals surface area contributed by atoms with Crippen LogP contribution < -0.4 is 0 Å². The number of nitrogens with zero attached hydrogens (tertiary/aromatic N) is 5. The molecule has 1 unspecified atom stereocenters. The average molecular weight is 563 g/mol. The van der Waals surface area contributed by atoms with E-state index in [4.69, 9.17) is 44.9 Å². The van der Waals surface area contributed by atoms with Gasteiger partial charge in [0.15, 0.2) is 5.67 Å². The molecular formula is C23H18Cl3F4N5O. The van der Waals surface area contributed by atoms with Crippen LogP contribution in [-0.2, 0) is 16.1 Å². The molecule has 0 aliphatic carbocycles. The van der Waals surface area contributed by atoms with E-state index >= 15 is 4.39 Å². The van der Waals surface area contributed by atoms with Crippen LogP contribution in [0.5, 0.6) is 0 Å². The monoisotopic (exact) mass is 561 g/mol. The van der Waals surface area contributed by atoms with E-state index in [0.29, 0.717) is 5.84 Å². The fourth-order valence-electron chi connectivity index (χ4n) is 4.18. The van der Waals surface area contributed by atoms with Crippen molar-refractivity contribution >= 4 is 46.4 Å². The van der Waals surface area contributed by atoms with Crippen LogP contribution in [0.25, 0.3) is 0 Å². The number of rotatable bonds is 4. The average Bonchev–Trinajstić information content (AvgIpc) is 3.26. The SMILES string of the molecule is CC(C)/C(=N\C#N)N1CC(F)(c2ccc(C3=NOC(c4cc(Cl)c(Cl)c(Cl)c4)(C(F)(F)F)C3)cn2)C1. The Hall–Kier alpha value is -2.61. The van der Waals surface area contributed by atoms with Crippen molar-refractivity contribution in [3.05, 3.63) is 62.4 Å². The molecule has 13 heteroatoms. The predicted molar refractivity (Wildman–Crippen MR) is 128 cm³/mol. The van der Waals surface area contributed by atoms with Gasteiger partial charge in [0.25, 0.3) is 5.60 Å². The van der Waals surface area contributed by atoms with Gasteiger partial charge in [-0.1, -0.05) is 53.8 Å². The van der Waals surface area contributed by atoms with Gasteiger partial charge in [0.2, 0.25) is 6.19 Å². The van der Waals surface area contributed by atoms with Crippen molar-refractivity contribution < 1.29 is 22.4 Å². The number of hydrogen-bond acceptors (Lipinski definition) is 5. The summed E-state index contributed by atoms with van der Waals surface area (Å²) < 4.78 is 58.1. The van der Waals surface area contributed by atoms with Crippen LogP contribution in [0, 0.1) is 17.4 Å². The van der Waals surface area contributed by atoms with Gasteiger partial charge in [-0.25, -0.2) is 4.39 Å². The highest BCUT2D eigenvalue weighted by Gasteiger charge is 2.62. The Bertz CT molecular complexity index is 1260. The first-order chi connectivity index (χ1) is 16.8. The number of hydrogen-bond donors (Lipinski definition) is 0. The Morgan fingerprint density at radius 1 is 1.19 bits per heavy atom. The lowest BCUT2D eigenvalue weighted by atomic mass is 9.86. The van der Waals surface area contributed by atoms with Crippen LogP contribution in [0.2, 0.25) is 15.1 Å². The van der Waals surface area contributed by atoms with Gasteiger partial charge in [0.1, 0.15) is 5.84 Å². The maximum absolute atomic E-state index is 15.4. The van der Waals surface area contributed by atoms with Gasteiger partial charge >= 0.3 is 6.18 Å². The molecule has 0 amide bonds.